The smallest absolute Gasteiger partial charge is 0.419 e. The van der Waals surface area contributed by atoms with Gasteiger partial charge in [-0.1, -0.05) is 0 Å². The van der Waals surface area contributed by atoms with Crippen molar-refractivity contribution in [3.63, 3.8) is 0 Å². The van der Waals surface area contributed by atoms with Gasteiger partial charge in [-0.2, -0.15) is 22.5 Å². The van der Waals surface area contributed by atoms with Crippen molar-refractivity contribution in [3.05, 3.63) is 41.7 Å². The molecule has 0 spiro atoms. The predicted octanol–water partition coefficient (Wildman–Crippen LogP) is 4.25. The summed E-state index contributed by atoms with van der Waals surface area (Å²) >= 11 is 0.848. The molecule has 0 atom stereocenters. The monoisotopic (exact) mass is 452 g/mol. The summed E-state index contributed by atoms with van der Waals surface area (Å²) in [6, 6.07) is 3.62. The number of hydrogen-bond acceptors (Lipinski definition) is 8. The zero-order valence-corrected chi connectivity index (χ0v) is 17.9. The first-order valence-corrected chi connectivity index (χ1v) is 9.85. The van der Waals surface area contributed by atoms with Gasteiger partial charge in [-0.3, -0.25) is 4.79 Å². The highest BCUT2D eigenvalue weighted by Gasteiger charge is 2.34. The zero-order valence-electron chi connectivity index (χ0n) is 17.1. The number of nitrogens with one attached hydrogen (secondary N) is 1. The minimum Gasteiger partial charge on any atom is -0.489 e. The summed E-state index contributed by atoms with van der Waals surface area (Å²) in [7, 11) is 3.21. The molecule has 0 aliphatic heterocycles. The van der Waals surface area contributed by atoms with Crippen LogP contribution >= 0.6 is 11.5 Å². The van der Waals surface area contributed by atoms with Gasteiger partial charge in [0.25, 0.3) is 5.91 Å². The molecule has 0 radical (unpaired) electrons. The van der Waals surface area contributed by atoms with Gasteiger partial charge in [0.2, 0.25) is 5.13 Å². The van der Waals surface area contributed by atoms with Gasteiger partial charge in [-0.15, -0.1) is 0 Å². The molecule has 3 heterocycles. The average Bonchev–Trinajstić information content (AvgIpc) is 3.15. The SMILES string of the molecule is CC(C)Oc1cnc(-c2nsc(Nc3ncccc3C(F)(F)F)n2)cc1C(=O)N(C)C. The molecule has 0 saturated heterocycles. The maximum absolute atomic E-state index is 13.2. The van der Waals surface area contributed by atoms with E-state index < -0.39 is 11.7 Å². The Morgan fingerprint density at radius 3 is 2.65 bits per heavy atom. The second kappa shape index (κ2) is 8.84. The van der Waals surface area contributed by atoms with Crippen molar-refractivity contribution < 1.29 is 22.7 Å². The van der Waals surface area contributed by atoms with E-state index in [-0.39, 0.29) is 40.0 Å². The molecule has 0 saturated carbocycles. The molecule has 8 nitrogen and oxygen atoms in total. The predicted molar refractivity (Wildman–Crippen MR) is 109 cm³/mol. The van der Waals surface area contributed by atoms with Gasteiger partial charge in [0.15, 0.2) is 11.6 Å². The number of aromatic nitrogens is 4. The summed E-state index contributed by atoms with van der Waals surface area (Å²) in [5.74, 6) is -0.207. The maximum Gasteiger partial charge on any atom is 0.419 e. The van der Waals surface area contributed by atoms with E-state index in [9.17, 15) is 18.0 Å². The largest absolute Gasteiger partial charge is 0.489 e. The molecule has 3 aromatic rings. The molecule has 0 unspecified atom stereocenters. The van der Waals surface area contributed by atoms with Crippen LogP contribution in [-0.4, -0.2) is 50.3 Å². The number of amides is 1. The van der Waals surface area contributed by atoms with Gasteiger partial charge >= 0.3 is 6.18 Å². The summed E-state index contributed by atoms with van der Waals surface area (Å²) < 4.78 is 49.3. The van der Waals surface area contributed by atoms with Gasteiger partial charge in [0.05, 0.1) is 23.4 Å². The molecule has 0 aliphatic rings. The highest BCUT2D eigenvalue weighted by atomic mass is 32.1. The van der Waals surface area contributed by atoms with Gasteiger partial charge in [0.1, 0.15) is 11.5 Å². The van der Waals surface area contributed by atoms with E-state index in [0.29, 0.717) is 5.75 Å². The van der Waals surface area contributed by atoms with Crippen LogP contribution in [0.4, 0.5) is 24.1 Å². The minimum atomic E-state index is -4.57. The summed E-state index contributed by atoms with van der Waals surface area (Å²) in [5.41, 5.74) is -0.362. The summed E-state index contributed by atoms with van der Waals surface area (Å²) in [4.78, 5) is 26.1. The van der Waals surface area contributed by atoms with Crippen LogP contribution in [0.25, 0.3) is 11.5 Å². The number of halogens is 3. The van der Waals surface area contributed by atoms with Gasteiger partial charge in [-0.25, -0.2) is 9.97 Å². The minimum absolute atomic E-state index is 0.101. The number of carbonyl (C=O) groups is 1. The van der Waals surface area contributed by atoms with Gasteiger partial charge in [0, 0.05) is 31.8 Å². The Kier molecular flexibility index (Phi) is 6.39. The fraction of sp³-hybridized carbons (Fsp3) is 0.316. The summed E-state index contributed by atoms with van der Waals surface area (Å²) in [6.07, 6.45) is -2.09. The molecule has 12 heteroatoms. The Balaban J connectivity index is 1.93. The molecule has 3 rings (SSSR count). The van der Waals surface area contributed by atoms with Crippen LogP contribution in [0.15, 0.2) is 30.6 Å². The van der Waals surface area contributed by atoms with Crippen molar-refractivity contribution in [2.45, 2.75) is 26.1 Å². The number of ether oxygens (including phenoxy) is 1. The Labute approximate surface area is 180 Å². The quantitative estimate of drug-likeness (QED) is 0.598. The Morgan fingerprint density at radius 2 is 2.00 bits per heavy atom. The number of rotatable bonds is 6. The van der Waals surface area contributed by atoms with Crippen molar-refractivity contribution in [2.24, 2.45) is 0 Å². The fourth-order valence-corrected chi connectivity index (χ4v) is 3.11. The molecule has 0 fully saturated rings. The van der Waals surface area contributed by atoms with E-state index >= 15 is 0 Å². The van der Waals surface area contributed by atoms with E-state index in [0.717, 1.165) is 17.6 Å². The lowest BCUT2D eigenvalue weighted by Crippen LogP contribution is -2.23. The van der Waals surface area contributed by atoms with E-state index in [1.54, 1.807) is 14.1 Å². The Hall–Kier alpha value is -3.28. The van der Waals surface area contributed by atoms with E-state index in [1.807, 2.05) is 13.8 Å². The number of anilines is 2. The molecule has 0 aliphatic carbocycles. The zero-order chi connectivity index (χ0) is 22.8. The molecule has 1 amide bonds. The number of hydrogen-bond donors (Lipinski definition) is 1. The summed E-state index contributed by atoms with van der Waals surface area (Å²) in [6.45, 7) is 3.65. The van der Waals surface area contributed by atoms with Crippen LogP contribution in [0.1, 0.15) is 29.8 Å². The first-order valence-electron chi connectivity index (χ1n) is 9.08. The van der Waals surface area contributed by atoms with Crippen molar-refractivity contribution in [2.75, 3.05) is 19.4 Å². The van der Waals surface area contributed by atoms with Crippen LogP contribution in [0, 0.1) is 0 Å². The molecule has 0 aromatic carbocycles. The van der Waals surface area contributed by atoms with Crippen molar-refractivity contribution >= 4 is 28.4 Å². The lowest BCUT2D eigenvalue weighted by molar-refractivity contribution is -0.137. The highest BCUT2D eigenvalue weighted by Crippen LogP contribution is 2.35. The number of alkyl halides is 3. The first kappa shape index (κ1) is 22.4. The van der Waals surface area contributed by atoms with E-state index in [2.05, 4.69) is 24.6 Å². The van der Waals surface area contributed by atoms with Crippen molar-refractivity contribution in [1.29, 1.82) is 0 Å². The topological polar surface area (TPSA) is 93.1 Å². The standard InChI is InChI=1S/C19H19F3N6O2S/c1-10(2)30-14-9-24-13(8-11(14)17(29)28(3)4)16-26-18(31-27-16)25-15-12(19(20,21)22)6-5-7-23-15/h5-10H,1-4H3,(H,23,25,26,27). The first-order chi connectivity index (χ1) is 14.6. The fourth-order valence-electron chi connectivity index (χ4n) is 2.53. The van der Waals surface area contributed by atoms with Crippen LogP contribution in [0.5, 0.6) is 5.75 Å². The highest BCUT2D eigenvalue weighted by molar-refractivity contribution is 7.09. The summed E-state index contributed by atoms with van der Waals surface area (Å²) in [5, 5.41) is 2.65. The number of nitrogens with zero attached hydrogens (tertiary/aromatic N) is 5. The third kappa shape index (κ3) is 5.26. The second-order valence-electron chi connectivity index (χ2n) is 6.88. The molecule has 1 N–H and O–H groups in total. The third-order valence-corrected chi connectivity index (χ3v) is 4.49. The maximum atomic E-state index is 13.2. The normalized spacial score (nSPS) is 11.5. The van der Waals surface area contributed by atoms with Crippen molar-refractivity contribution in [3.8, 4) is 17.3 Å². The van der Waals surface area contributed by atoms with E-state index in [1.165, 1.54) is 29.4 Å². The number of pyridine rings is 2. The number of carbonyl (C=O) groups excluding carboxylic acids is 1. The second-order valence-corrected chi connectivity index (χ2v) is 7.63. The van der Waals surface area contributed by atoms with Gasteiger partial charge < -0.3 is 15.0 Å². The molecule has 0 bridgehead atoms. The molecule has 3 aromatic heterocycles. The molecule has 31 heavy (non-hydrogen) atoms. The molecule has 164 valence electrons. The molecular formula is C19H19F3N6O2S. The van der Waals surface area contributed by atoms with Crippen molar-refractivity contribution in [1.82, 2.24) is 24.2 Å². The lowest BCUT2D eigenvalue weighted by atomic mass is 10.1. The van der Waals surface area contributed by atoms with Crippen LogP contribution in [-0.2, 0) is 6.18 Å². The van der Waals surface area contributed by atoms with Gasteiger partial charge in [-0.05, 0) is 32.0 Å². The van der Waals surface area contributed by atoms with E-state index in [4.69, 9.17) is 4.74 Å². The lowest BCUT2D eigenvalue weighted by Gasteiger charge is -2.16. The third-order valence-electron chi connectivity index (χ3n) is 3.86. The van der Waals surface area contributed by atoms with Crippen LogP contribution in [0.2, 0.25) is 0 Å². The van der Waals surface area contributed by atoms with Crippen LogP contribution in [0.3, 0.4) is 0 Å². The average molecular weight is 452 g/mol. The van der Waals surface area contributed by atoms with Crippen LogP contribution < -0.4 is 10.1 Å². The Bertz CT molecular complexity index is 1080. The molecular weight excluding hydrogens is 433 g/mol. The Morgan fingerprint density at radius 1 is 1.26 bits per heavy atom.